The Balaban J connectivity index is 2.22. The maximum absolute atomic E-state index is 12.6. The van der Waals surface area contributed by atoms with Crippen LogP contribution in [0.25, 0.3) is 0 Å². The number of primary amides is 1. The lowest BCUT2D eigenvalue weighted by molar-refractivity contribution is 0.0947. The molecule has 0 atom stereocenters. The summed E-state index contributed by atoms with van der Waals surface area (Å²) in [5.74, 6) is 0.309. The molecule has 0 spiro atoms. The van der Waals surface area contributed by atoms with E-state index in [0.717, 1.165) is 5.56 Å². The molecule has 8 heteroatoms. The van der Waals surface area contributed by atoms with E-state index >= 15 is 0 Å². The third-order valence-electron chi connectivity index (χ3n) is 3.71. The molecule has 7 nitrogen and oxygen atoms in total. The highest BCUT2D eigenvalue weighted by Gasteiger charge is 2.22. The van der Waals surface area contributed by atoms with Gasteiger partial charge < -0.3 is 25.3 Å². The molecule has 0 radical (unpaired) electrons. The van der Waals surface area contributed by atoms with Crippen molar-refractivity contribution in [2.75, 3.05) is 21.3 Å². The number of ether oxygens (including phenoxy) is 3. The van der Waals surface area contributed by atoms with Crippen molar-refractivity contribution in [3.63, 3.8) is 0 Å². The van der Waals surface area contributed by atoms with Gasteiger partial charge in [0.25, 0.3) is 5.91 Å². The number of methoxy groups -OCH3 is 3. The molecule has 0 saturated heterocycles. The lowest BCUT2D eigenvalue weighted by Crippen LogP contribution is -2.23. The van der Waals surface area contributed by atoms with Gasteiger partial charge in [-0.05, 0) is 39.7 Å². The first-order chi connectivity index (χ1) is 12.4. The van der Waals surface area contributed by atoms with E-state index in [1.54, 1.807) is 30.3 Å². The topological polar surface area (TPSA) is 99.9 Å². The van der Waals surface area contributed by atoms with Crippen molar-refractivity contribution >= 4 is 27.7 Å². The van der Waals surface area contributed by atoms with Gasteiger partial charge in [0.05, 0.1) is 31.4 Å². The molecular weight excluding hydrogens is 404 g/mol. The maximum atomic E-state index is 12.6. The van der Waals surface area contributed by atoms with E-state index in [9.17, 15) is 9.59 Å². The van der Waals surface area contributed by atoms with E-state index in [2.05, 4.69) is 21.2 Å². The van der Waals surface area contributed by atoms with Gasteiger partial charge in [0.1, 0.15) is 0 Å². The summed E-state index contributed by atoms with van der Waals surface area (Å²) in [5.41, 5.74) is 6.79. The van der Waals surface area contributed by atoms with E-state index in [0.29, 0.717) is 32.8 Å². The molecule has 0 aromatic heterocycles. The summed E-state index contributed by atoms with van der Waals surface area (Å²) in [6, 6.07) is 8.24. The minimum Gasteiger partial charge on any atom is -0.493 e. The third-order valence-corrected chi connectivity index (χ3v) is 4.49. The highest BCUT2D eigenvalue weighted by atomic mass is 79.9. The fourth-order valence-electron chi connectivity index (χ4n) is 2.35. The molecule has 0 aliphatic rings. The van der Waals surface area contributed by atoms with Crippen molar-refractivity contribution in [2.24, 2.45) is 5.73 Å². The van der Waals surface area contributed by atoms with Crippen LogP contribution in [0, 0.1) is 0 Å². The summed E-state index contributed by atoms with van der Waals surface area (Å²) < 4.78 is 16.3. The average Bonchev–Trinajstić information content (AvgIpc) is 2.65. The van der Waals surface area contributed by atoms with E-state index in [1.807, 2.05) is 0 Å². The van der Waals surface area contributed by atoms with Crippen molar-refractivity contribution in [3.05, 3.63) is 51.5 Å². The Morgan fingerprint density at radius 1 is 1.04 bits per heavy atom. The quantitative estimate of drug-likeness (QED) is 0.713. The van der Waals surface area contributed by atoms with Gasteiger partial charge in [-0.1, -0.05) is 12.1 Å². The van der Waals surface area contributed by atoms with Crippen molar-refractivity contribution < 1.29 is 23.8 Å². The standard InChI is InChI=1S/C18H19BrN2O5/c1-24-13-8-12(14(19)16(26-3)15(13)25-2)18(23)21-9-10-4-6-11(7-5-10)17(20)22/h4-8H,9H2,1-3H3,(H2,20,22)(H,21,23). The Bertz CT molecular complexity index is 821. The van der Waals surface area contributed by atoms with Crippen LogP contribution in [0.5, 0.6) is 17.2 Å². The summed E-state index contributed by atoms with van der Waals surface area (Å²) in [4.78, 5) is 23.7. The van der Waals surface area contributed by atoms with Crippen LogP contribution >= 0.6 is 15.9 Å². The zero-order valence-electron chi connectivity index (χ0n) is 14.6. The highest BCUT2D eigenvalue weighted by Crippen LogP contribution is 2.44. The van der Waals surface area contributed by atoms with Crippen molar-refractivity contribution in [2.45, 2.75) is 6.54 Å². The summed E-state index contributed by atoms with van der Waals surface area (Å²) >= 11 is 3.38. The van der Waals surface area contributed by atoms with E-state index in [1.165, 1.54) is 21.3 Å². The fraction of sp³-hybridized carbons (Fsp3) is 0.222. The minimum absolute atomic E-state index is 0.279. The van der Waals surface area contributed by atoms with E-state index in [4.69, 9.17) is 19.9 Å². The van der Waals surface area contributed by atoms with E-state index in [-0.39, 0.29) is 12.5 Å². The van der Waals surface area contributed by atoms with Crippen molar-refractivity contribution in [1.29, 1.82) is 0 Å². The molecule has 0 unspecified atom stereocenters. The summed E-state index contributed by atoms with van der Waals surface area (Å²) in [7, 11) is 4.44. The second-order valence-electron chi connectivity index (χ2n) is 5.25. The first kappa shape index (κ1) is 19.6. The van der Waals surface area contributed by atoms with Crippen LogP contribution in [0.3, 0.4) is 0 Å². The fourth-order valence-corrected chi connectivity index (χ4v) is 2.99. The maximum Gasteiger partial charge on any atom is 0.252 e. The smallest absolute Gasteiger partial charge is 0.252 e. The molecule has 2 aromatic carbocycles. The van der Waals surface area contributed by atoms with Gasteiger partial charge in [0, 0.05) is 12.1 Å². The third kappa shape index (κ3) is 4.08. The van der Waals surface area contributed by atoms with Gasteiger partial charge in [0.2, 0.25) is 11.7 Å². The Hall–Kier alpha value is -2.74. The van der Waals surface area contributed by atoms with Gasteiger partial charge >= 0.3 is 0 Å². The van der Waals surface area contributed by atoms with Crippen LogP contribution in [0.2, 0.25) is 0 Å². The zero-order chi connectivity index (χ0) is 19.3. The normalized spacial score (nSPS) is 10.2. The number of amides is 2. The SMILES string of the molecule is COc1cc(C(=O)NCc2ccc(C(N)=O)cc2)c(Br)c(OC)c1OC. The number of hydrogen-bond donors (Lipinski definition) is 2. The zero-order valence-corrected chi connectivity index (χ0v) is 16.2. The number of carbonyl (C=O) groups excluding carboxylic acids is 2. The molecule has 0 saturated carbocycles. The molecule has 138 valence electrons. The molecule has 0 bridgehead atoms. The number of carbonyl (C=O) groups is 2. The molecule has 26 heavy (non-hydrogen) atoms. The van der Waals surface area contributed by atoms with Crippen LogP contribution in [0.4, 0.5) is 0 Å². The Kier molecular flexibility index (Phi) is 6.46. The molecule has 3 N–H and O–H groups in total. The molecule has 0 fully saturated rings. The number of rotatable bonds is 7. The number of halogens is 1. The first-order valence-corrected chi connectivity index (χ1v) is 8.37. The van der Waals surface area contributed by atoms with Crippen molar-refractivity contribution in [1.82, 2.24) is 5.32 Å². The lowest BCUT2D eigenvalue weighted by Gasteiger charge is -2.16. The summed E-state index contributed by atoms with van der Waals surface area (Å²) in [6.07, 6.45) is 0. The average molecular weight is 423 g/mol. The predicted molar refractivity (Wildman–Crippen MR) is 99.9 cm³/mol. The van der Waals surface area contributed by atoms with Crippen molar-refractivity contribution in [3.8, 4) is 17.2 Å². The van der Waals surface area contributed by atoms with Crippen LogP contribution in [-0.2, 0) is 6.54 Å². The summed E-state index contributed by atoms with van der Waals surface area (Å²) in [6.45, 7) is 0.279. The molecular formula is C18H19BrN2O5. The Morgan fingerprint density at radius 3 is 2.15 bits per heavy atom. The first-order valence-electron chi connectivity index (χ1n) is 7.58. The van der Waals surface area contributed by atoms with Gasteiger partial charge in [-0.25, -0.2) is 0 Å². The van der Waals surface area contributed by atoms with Crippen LogP contribution in [-0.4, -0.2) is 33.1 Å². The van der Waals surface area contributed by atoms with Gasteiger partial charge in [-0.2, -0.15) is 0 Å². The number of nitrogens with one attached hydrogen (secondary N) is 1. The number of benzene rings is 2. The second kappa shape index (κ2) is 8.57. The monoisotopic (exact) mass is 422 g/mol. The van der Waals surface area contributed by atoms with Crippen LogP contribution in [0.15, 0.2) is 34.8 Å². The van der Waals surface area contributed by atoms with Gasteiger partial charge in [-0.3, -0.25) is 9.59 Å². The molecule has 0 heterocycles. The number of nitrogens with two attached hydrogens (primary N) is 1. The number of hydrogen-bond acceptors (Lipinski definition) is 5. The van der Waals surface area contributed by atoms with Gasteiger partial charge in [-0.15, -0.1) is 0 Å². The molecule has 2 aromatic rings. The molecule has 0 aliphatic carbocycles. The predicted octanol–water partition coefficient (Wildman–Crippen LogP) is 2.50. The highest BCUT2D eigenvalue weighted by molar-refractivity contribution is 9.10. The van der Waals surface area contributed by atoms with Crippen LogP contribution in [0.1, 0.15) is 26.3 Å². The lowest BCUT2D eigenvalue weighted by atomic mass is 10.1. The largest absolute Gasteiger partial charge is 0.493 e. The second-order valence-corrected chi connectivity index (χ2v) is 6.04. The molecule has 2 rings (SSSR count). The Morgan fingerprint density at radius 2 is 1.65 bits per heavy atom. The molecule has 2 amide bonds. The minimum atomic E-state index is -0.498. The molecule has 0 aliphatic heterocycles. The Labute approximate surface area is 159 Å². The van der Waals surface area contributed by atoms with E-state index < -0.39 is 5.91 Å². The van der Waals surface area contributed by atoms with Gasteiger partial charge in [0.15, 0.2) is 11.5 Å². The summed E-state index contributed by atoms with van der Waals surface area (Å²) in [5, 5.41) is 2.81. The van der Waals surface area contributed by atoms with Crippen LogP contribution < -0.4 is 25.3 Å².